The molecule has 2 N–H and O–H groups in total. The maximum Gasteiger partial charge on any atom is 0.290 e. The van der Waals surface area contributed by atoms with E-state index in [9.17, 15) is 8.42 Å². The summed E-state index contributed by atoms with van der Waals surface area (Å²) in [5.41, 5.74) is 4.23. The normalized spacial score (nSPS) is 13.8. The Balaban J connectivity index is 0.000000520. The van der Waals surface area contributed by atoms with Crippen LogP contribution in [0.4, 0.5) is 0 Å². The van der Waals surface area contributed by atoms with Gasteiger partial charge < -0.3 is 15.1 Å². The van der Waals surface area contributed by atoms with Gasteiger partial charge in [0.2, 0.25) is 0 Å². The predicted octanol–water partition coefficient (Wildman–Crippen LogP) is 2.28. The molecule has 184 valence electrons. The molecule has 0 saturated heterocycles. The van der Waals surface area contributed by atoms with Crippen molar-refractivity contribution in [3.8, 4) is 0 Å². The molecule has 12 heteroatoms. The Morgan fingerprint density at radius 2 is 1.77 bits per heavy atom. The first-order valence-electron chi connectivity index (χ1n) is 10.5. The lowest BCUT2D eigenvalue weighted by atomic mass is 10.0. The van der Waals surface area contributed by atoms with Crippen LogP contribution in [0.15, 0.2) is 59.9 Å². The Morgan fingerprint density at radius 1 is 1.06 bits per heavy atom. The van der Waals surface area contributed by atoms with Crippen molar-refractivity contribution in [2.75, 3.05) is 20.1 Å². The van der Waals surface area contributed by atoms with E-state index in [0.29, 0.717) is 11.0 Å². The lowest BCUT2D eigenvalue weighted by Gasteiger charge is -2.21. The van der Waals surface area contributed by atoms with Crippen LogP contribution < -0.4 is 0 Å². The number of aryl methyl sites for hydroxylation is 1. The van der Waals surface area contributed by atoms with Crippen LogP contribution in [0.3, 0.4) is 0 Å². The van der Waals surface area contributed by atoms with Gasteiger partial charge in [0, 0.05) is 43.5 Å². The Hall–Kier alpha value is -4.03. The van der Waals surface area contributed by atoms with Gasteiger partial charge in [0.25, 0.3) is 23.0 Å². The van der Waals surface area contributed by atoms with Crippen LogP contribution in [0, 0.1) is 0 Å². The fourth-order valence-electron chi connectivity index (χ4n) is 3.90. The average molecular weight is 500 g/mol. The van der Waals surface area contributed by atoms with Crippen molar-refractivity contribution in [1.82, 2.24) is 23.6 Å². The van der Waals surface area contributed by atoms with E-state index >= 15 is 0 Å². The van der Waals surface area contributed by atoms with E-state index in [1.54, 1.807) is 47.5 Å². The molecule has 3 aromatic heterocycles. The first-order chi connectivity index (χ1) is 16.8. The molecule has 1 aromatic carbocycles. The van der Waals surface area contributed by atoms with Crippen molar-refractivity contribution in [2.24, 2.45) is 7.05 Å². The third-order valence-electron chi connectivity index (χ3n) is 5.56. The number of carbonyl (C=O) groups is 2. The molecule has 0 saturated carbocycles. The molecule has 0 amide bonds. The minimum absolute atomic E-state index is 0.239. The number of aromatic nitrogens is 4. The SMILES string of the molecule is CN1CC=C(c2cn(S(=O)(=O)c3ccc4c(cnn4C)c3)c3cccnc23)CC1.O=CO.O=CO. The van der Waals surface area contributed by atoms with Gasteiger partial charge in [-0.05, 0) is 49.4 Å². The molecule has 0 radical (unpaired) electrons. The van der Waals surface area contributed by atoms with Crippen molar-refractivity contribution < 1.29 is 28.2 Å². The fraction of sp³-hybridized carbons (Fsp3) is 0.217. The van der Waals surface area contributed by atoms with Crippen LogP contribution in [0.25, 0.3) is 27.5 Å². The number of fused-ring (bicyclic) bond motifs is 2. The molecule has 5 rings (SSSR count). The Morgan fingerprint density at radius 3 is 2.43 bits per heavy atom. The molecular formula is C23H25N5O6S. The first-order valence-corrected chi connectivity index (χ1v) is 11.9. The molecular weight excluding hydrogens is 474 g/mol. The van der Waals surface area contributed by atoms with Gasteiger partial charge in [0.05, 0.1) is 27.6 Å². The van der Waals surface area contributed by atoms with E-state index in [4.69, 9.17) is 19.8 Å². The summed E-state index contributed by atoms with van der Waals surface area (Å²) in [7, 11) is 0.139. The topological polar surface area (TPSA) is 148 Å². The van der Waals surface area contributed by atoms with Crippen molar-refractivity contribution in [3.63, 3.8) is 0 Å². The molecule has 35 heavy (non-hydrogen) atoms. The molecule has 0 spiro atoms. The van der Waals surface area contributed by atoms with Crippen molar-refractivity contribution in [2.45, 2.75) is 11.3 Å². The lowest BCUT2D eigenvalue weighted by molar-refractivity contribution is -0.123. The van der Waals surface area contributed by atoms with Gasteiger partial charge in [-0.15, -0.1) is 0 Å². The van der Waals surface area contributed by atoms with E-state index in [1.165, 1.54) is 3.97 Å². The number of benzene rings is 1. The van der Waals surface area contributed by atoms with Crippen LogP contribution in [0.1, 0.15) is 12.0 Å². The predicted molar refractivity (Wildman–Crippen MR) is 131 cm³/mol. The van der Waals surface area contributed by atoms with E-state index in [-0.39, 0.29) is 17.8 Å². The summed E-state index contributed by atoms with van der Waals surface area (Å²) < 4.78 is 30.1. The van der Waals surface area contributed by atoms with Gasteiger partial charge in [0.1, 0.15) is 0 Å². The highest BCUT2D eigenvalue weighted by Gasteiger charge is 2.24. The summed E-state index contributed by atoms with van der Waals surface area (Å²) in [4.78, 5) is 23.7. The quantitative estimate of drug-likeness (QED) is 0.405. The highest BCUT2D eigenvalue weighted by Crippen LogP contribution is 2.32. The summed E-state index contributed by atoms with van der Waals surface area (Å²) in [5.74, 6) is 0. The minimum atomic E-state index is -3.77. The Kier molecular flexibility index (Phi) is 7.99. The molecule has 4 heterocycles. The average Bonchev–Trinajstić information content (AvgIpc) is 3.42. The second-order valence-electron chi connectivity index (χ2n) is 7.66. The highest BCUT2D eigenvalue weighted by molar-refractivity contribution is 7.90. The van der Waals surface area contributed by atoms with E-state index < -0.39 is 10.0 Å². The number of nitrogens with zero attached hydrogens (tertiary/aromatic N) is 5. The number of hydrogen-bond acceptors (Lipinski definition) is 7. The lowest BCUT2D eigenvalue weighted by Crippen LogP contribution is -2.23. The summed E-state index contributed by atoms with van der Waals surface area (Å²) in [6.45, 7) is 1.29. The van der Waals surface area contributed by atoms with Gasteiger partial charge in [0.15, 0.2) is 0 Å². The maximum absolute atomic E-state index is 13.5. The summed E-state index contributed by atoms with van der Waals surface area (Å²) >= 11 is 0. The van der Waals surface area contributed by atoms with Crippen LogP contribution in [-0.4, -0.2) is 75.3 Å². The standard InChI is InChI=1S/C21H21N5O2S.2CH2O2/c1-24-10-7-15(8-11-24)18-14-26(20-4-3-9-22-21(18)20)29(27,28)17-5-6-19-16(12-17)13-23-25(19)2;2*2-1-3/h3-7,9,12-14H,8,10-11H2,1-2H3;2*1H,(H,2,3). The second-order valence-corrected chi connectivity index (χ2v) is 9.47. The molecule has 11 nitrogen and oxygen atoms in total. The largest absolute Gasteiger partial charge is 0.483 e. The van der Waals surface area contributed by atoms with Gasteiger partial charge >= 0.3 is 0 Å². The zero-order valence-electron chi connectivity index (χ0n) is 19.1. The second kappa shape index (κ2) is 10.9. The van der Waals surface area contributed by atoms with E-state index in [2.05, 4.69) is 28.1 Å². The monoisotopic (exact) mass is 499 g/mol. The van der Waals surface area contributed by atoms with Crippen molar-refractivity contribution in [3.05, 3.63) is 60.6 Å². The molecule has 0 bridgehead atoms. The zero-order valence-corrected chi connectivity index (χ0v) is 20.0. The third-order valence-corrected chi connectivity index (χ3v) is 7.23. The molecule has 4 aromatic rings. The molecule has 0 aliphatic carbocycles. The summed E-state index contributed by atoms with van der Waals surface area (Å²) in [6, 6.07) is 8.68. The highest BCUT2D eigenvalue weighted by atomic mass is 32.2. The number of likely N-dealkylation sites (N-methyl/N-ethyl adjacent to an activating group) is 1. The smallest absolute Gasteiger partial charge is 0.290 e. The number of hydrogen-bond donors (Lipinski definition) is 2. The number of carboxylic acid groups (broad SMARTS) is 2. The summed E-state index contributed by atoms with van der Waals surface area (Å²) in [6.07, 6.45) is 8.13. The van der Waals surface area contributed by atoms with Gasteiger partial charge in [-0.1, -0.05) is 6.08 Å². The summed E-state index contributed by atoms with van der Waals surface area (Å²) in [5, 5.41) is 18.8. The van der Waals surface area contributed by atoms with Gasteiger partial charge in [-0.25, -0.2) is 12.4 Å². The van der Waals surface area contributed by atoms with Gasteiger partial charge in [-0.3, -0.25) is 19.3 Å². The minimum Gasteiger partial charge on any atom is -0.483 e. The first kappa shape index (κ1) is 25.6. The van der Waals surface area contributed by atoms with E-state index in [0.717, 1.165) is 41.5 Å². The van der Waals surface area contributed by atoms with Crippen LogP contribution in [-0.2, 0) is 26.7 Å². The molecule has 0 fully saturated rings. The number of pyridine rings is 1. The van der Waals surface area contributed by atoms with Crippen LogP contribution in [0.5, 0.6) is 0 Å². The Bertz CT molecular complexity index is 1480. The van der Waals surface area contributed by atoms with Crippen LogP contribution in [0.2, 0.25) is 0 Å². The van der Waals surface area contributed by atoms with Crippen molar-refractivity contribution >= 4 is 50.5 Å². The fourth-order valence-corrected chi connectivity index (χ4v) is 5.29. The molecule has 1 aliphatic heterocycles. The number of rotatable bonds is 3. The molecule has 1 aliphatic rings. The zero-order chi connectivity index (χ0) is 25.6. The van der Waals surface area contributed by atoms with E-state index in [1.807, 2.05) is 13.1 Å². The third kappa shape index (κ3) is 5.23. The van der Waals surface area contributed by atoms with Gasteiger partial charge in [-0.2, -0.15) is 5.10 Å². The Labute approximate surface area is 201 Å². The molecule has 0 unspecified atom stereocenters. The molecule has 0 atom stereocenters. The van der Waals surface area contributed by atoms with Crippen molar-refractivity contribution in [1.29, 1.82) is 0 Å². The van der Waals surface area contributed by atoms with Crippen LogP contribution >= 0.6 is 0 Å². The maximum atomic E-state index is 13.5.